The van der Waals surface area contributed by atoms with Gasteiger partial charge in [0.2, 0.25) is 0 Å². The highest BCUT2D eigenvalue weighted by Gasteiger charge is 2.15. The first-order valence-corrected chi connectivity index (χ1v) is 9.90. The molecule has 8 heteroatoms. The molecule has 0 spiro atoms. The van der Waals surface area contributed by atoms with Crippen molar-refractivity contribution >= 4 is 41.1 Å². The Morgan fingerprint density at radius 1 is 1.00 bits per heavy atom. The highest BCUT2D eigenvalue weighted by Crippen LogP contribution is 2.24. The summed E-state index contributed by atoms with van der Waals surface area (Å²) in [6.07, 6.45) is 1.32. The second-order valence-corrected chi connectivity index (χ2v) is 7.36. The number of halogens is 1. The van der Waals surface area contributed by atoms with Crippen molar-refractivity contribution in [2.24, 2.45) is 0 Å². The number of carbonyl (C=O) groups excluding carboxylic acids is 3. The molecule has 0 atom stereocenters. The molecule has 0 saturated carbocycles. The van der Waals surface area contributed by atoms with Gasteiger partial charge in [0.05, 0.1) is 11.8 Å². The van der Waals surface area contributed by atoms with Crippen LogP contribution in [0.15, 0.2) is 76.2 Å². The largest absolute Gasteiger partial charge is 0.459 e. The summed E-state index contributed by atoms with van der Waals surface area (Å²) >= 11 is 7.52. The molecule has 0 fully saturated rings. The van der Waals surface area contributed by atoms with E-state index >= 15 is 0 Å². The summed E-state index contributed by atoms with van der Waals surface area (Å²) < 4.78 is 9.81. The van der Waals surface area contributed by atoms with Gasteiger partial charge < -0.3 is 9.15 Å². The molecule has 2 amide bonds. The molecule has 6 nitrogen and oxygen atoms in total. The summed E-state index contributed by atoms with van der Waals surface area (Å²) in [6.45, 7) is -0.570. The van der Waals surface area contributed by atoms with E-state index in [-0.39, 0.29) is 5.76 Å². The molecule has 29 heavy (non-hydrogen) atoms. The number of hydrogen-bond acceptors (Lipinski definition) is 6. The lowest BCUT2D eigenvalue weighted by atomic mass is 10.1. The van der Waals surface area contributed by atoms with Crippen molar-refractivity contribution in [3.05, 3.63) is 88.8 Å². The van der Waals surface area contributed by atoms with Gasteiger partial charge in [0.25, 0.3) is 11.8 Å². The van der Waals surface area contributed by atoms with Crippen molar-refractivity contribution in [1.82, 2.24) is 5.32 Å². The van der Waals surface area contributed by atoms with Crippen molar-refractivity contribution in [3.8, 4) is 0 Å². The third-order valence-electron chi connectivity index (χ3n) is 3.74. The van der Waals surface area contributed by atoms with Gasteiger partial charge in [0.1, 0.15) is 0 Å². The molecule has 0 aliphatic heterocycles. The molecule has 1 heterocycles. The predicted molar refractivity (Wildman–Crippen MR) is 109 cm³/mol. The van der Waals surface area contributed by atoms with E-state index in [1.165, 1.54) is 18.4 Å². The smallest absolute Gasteiger partial charge is 0.338 e. The van der Waals surface area contributed by atoms with Crippen LogP contribution in [0.4, 0.5) is 0 Å². The fourth-order valence-corrected chi connectivity index (χ4v) is 3.26. The first-order valence-electron chi connectivity index (χ1n) is 8.53. The number of furan rings is 1. The third kappa shape index (κ3) is 6.23. The summed E-state index contributed by atoms with van der Waals surface area (Å²) in [5, 5.41) is 2.77. The van der Waals surface area contributed by atoms with Gasteiger partial charge in [-0.1, -0.05) is 23.7 Å². The van der Waals surface area contributed by atoms with Gasteiger partial charge >= 0.3 is 5.97 Å². The van der Waals surface area contributed by atoms with E-state index in [1.54, 1.807) is 23.9 Å². The third-order valence-corrected chi connectivity index (χ3v) is 5.08. The van der Waals surface area contributed by atoms with Gasteiger partial charge in [0, 0.05) is 15.7 Å². The monoisotopic (exact) mass is 429 g/mol. The quantitative estimate of drug-likeness (QED) is 0.444. The lowest BCUT2D eigenvalue weighted by molar-refractivity contribution is -0.123. The van der Waals surface area contributed by atoms with Crippen molar-refractivity contribution in [2.45, 2.75) is 10.6 Å². The maximum absolute atomic E-state index is 12.1. The fourth-order valence-electron chi connectivity index (χ4n) is 2.28. The number of hydrogen-bond donors (Lipinski definition) is 1. The summed E-state index contributed by atoms with van der Waals surface area (Å²) in [4.78, 5) is 36.5. The van der Waals surface area contributed by atoms with E-state index in [1.807, 2.05) is 36.4 Å². The molecule has 0 saturated heterocycles. The van der Waals surface area contributed by atoms with Crippen LogP contribution < -0.4 is 5.32 Å². The van der Waals surface area contributed by atoms with Crippen LogP contribution in [0.25, 0.3) is 0 Å². The maximum Gasteiger partial charge on any atom is 0.338 e. The summed E-state index contributed by atoms with van der Waals surface area (Å²) in [7, 11) is 0. The molecule has 3 aromatic rings. The number of benzene rings is 2. The Hall–Kier alpha value is -3.03. The molecule has 0 unspecified atom stereocenters. The molecule has 3 rings (SSSR count). The zero-order chi connectivity index (χ0) is 20.6. The van der Waals surface area contributed by atoms with E-state index < -0.39 is 24.4 Å². The van der Waals surface area contributed by atoms with Crippen LogP contribution >= 0.6 is 23.4 Å². The van der Waals surface area contributed by atoms with Crippen molar-refractivity contribution in [1.29, 1.82) is 0 Å². The topological polar surface area (TPSA) is 85.6 Å². The lowest BCUT2D eigenvalue weighted by Gasteiger charge is -2.06. The maximum atomic E-state index is 12.1. The Bertz CT molecular complexity index is 985. The molecule has 0 radical (unpaired) electrons. The van der Waals surface area contributed by atoms with Gasteiger partial charge in [-0.15, -0.1) is 11.8 Å². The van der Waals surface area contributed by atoms with Crippen LogP contribution in [0.1, 0.15) is 26.5 Å². The lowest BCUT2D eigenvalue weighted by Crippen LogP contribution is -2.33. The van der Waals surface area contributed by atoms with Gasteiger partial charge in [0.15, 0.2) is 12.4 Å². The molecule has 0 aliphatic carbocycles. The second kappa shape index (κ2) is 9.95. The summed E-state index contributed by atoms with van der Waals surface area (Å²) in [5.74, 6) is -1.36. The number of rotatable bonds is 7. The number of imide groups is 1. The minimum atomic E-state index is -0.740. The van der Waals surface area contributed by atoms with E-state index in [0.717, 1.165) is 16.2 Å². The SMILES string of the molecule is O=C(COC(=O)c1ccc(CSc2ccc(Cl)cc2)cc1)NC(=O)c1ccco1. The first-order chi connectivity index (χ1) is 14.0. The van der Waals surface area contributed by atoms with Crippen LogP contribution in [0, 0.1) is 0 Å². The Balaban J connectivity index is 1.45. The van der Waals surface area contributed by atoms with Crippen LogP contribution in [-0.2, 0) is 15.3 Å². The van der Waals surface area contributed by atoms with Gasteiger partial charge in [-0.25, -0.2) is 4.79 Å². The number of nitrogens with one attached hydrogen (secondary N) is 1. The van der Waals surface area contributed by atoms with Gasteiger partial charge in [-0.3, -0.25) is 14.9 Å². The van der Waals surface area contributed by atoms with E-state index in [9.17, 15) is 14.4 Å². The Morgan fingerprint density at radius 3 is 2.38 bits per heavy atom. The molecule has 1 N–H and O–H groups in total. The number of carbonyl (C=O) groups is 3. The minimum absolute atomic E-state index is 0.00302. The molecule has 0 bridgehead atoms. The number of esters is 1. The molecular weight excluding hydrogens is 414 g/mol. The second-order valence-electron chi connectivity index (χ2n) is 5.87. The molecule has 2 aromatic carbocycles. The Kier molecular flexibility index (Phi) is 7.10. The summed E-state index contributed by atoms with van der Waals surface area (Å²) in [6, 6.07) is 17.4. The number of ether oxygens (including phenoxy) is 1. The van der Waals surface area contributed by atoms with Crippen molar-refractivity contribution < 1.29 is 23.5 Å². The van der Waals surface area contributed by atoms with E-state index in [0.29, 0.717) is 10.6 Å². The summed E-state index contributed by atoms with van der Waals surface area (Å²) in [5.41, 5.74) is 1.35. The fraction of sp³-hybridized carbons (Fsp3) is 0.0952. The Morgan fingerprint density at radius 2 is 1.72 bits per heavy atom. The predicted octanol–water partition coefficient (Wildman–Crippen LogP) is 4.34. The average molecular weight is 430 g/mol. The van der Waals surface area contributed by atoms with Crippen LogP contribution in [0.3, 0.4) is 0 Å². The van der Waals surface area contributed by atoms with E-state index in [4.69, 9.17) is 20.8 Å². The zero-order valence-corrected chi connectivity index (χ0v) is 16.7. The van der Waals surface area contributed by atoms with Crippen LogP contribution in [-0.4, -0.2) is 24.4 Å². The van der Waals surface area contributed by atoms with E-state index in [2.05, 4.69) is 5.32 Å². The van der Waals surface area contributed by atoms with Gasteiger partial charge in [-0.05, 0) is 54.1 Å². The molecule has 1 aromatic heterocycles. The highest BCUT2D eigenvalue weighted by atomic mass is 35.5. The highest BCUT2D eigenvalue weighted by molar-refractivity contribution is 7.98. The van der Waals surface area contributed by atoms with Crippen molar-refractivity contribution in [3.63, 3.8) is 0 Å². The first kappa shape index (κ1) is 20.7. The molecule has 0 aliphatic rings. The number of amides is 2. The number of thioether (sulfide) groups is 1. The van der Waals surface area contributed by atoms with Crippen LogP contribution in [0.5, 0.6) is 0 Å². The minimum Gasteiger partial charge on any atom is -0.459 e. The molecule has 148 valence electrons. The van der Waals surface area contributed by atoms with Crippen LogP contribution in [0.2, 0.25) is 5.02 Å². The van der Waals surface area contributed by atoms with Crippen molar-refractivity contribution in [2.75, 3.05) is 6.61 Å². The molecular formula is C21H16ClNO5S. The normalized spacial score (nSPS) is 10.4. The van der Waals surface area contributed by atoms with Gasteiger partial charge in [-0.2, -0.15) is 0 Å². The Labute approximate surface area is 176 Å². The standard InChI is InChI=1S/C21H16ClNO5S/c22-16-7-9-17(10-8-16)29-13-14-3-5-15(6-4-14)21(26)28-12-19(24)23-20(25)18-2-1-11-27-18/h1-11H,12-13H2,(H,23,24,25). The average Bonchev–Trinajstić information content (AvgIpc) is 3.27. The zero-order valence-electron chi connectivity index (χ0n) is 15.1.